The van der Waals surface area contributed by atoms with Crippen LogP contribution in [-0.4, -0.2) is 24.7 Å². The van der Waals surface area contributed by atoms with Gasteiger partial charge in [0.2, 0.25) is 0 Å². The lowest BCUT2D eigenvalue weighted by molar-refractivity contribution is 0.214. The summed E-state index contributed by atoms with van der Waals surface area (Å²) in [5.41, 5.74) is 0.529. The second-order valence-electron chi connectivity index (χ2n) is 4.12. The highest BCUT2D eigenvalue weighted by Crippen LogP contribution is 2.21. The van der Waals surface area contributed by atoms with E-state index in [1.165, 1.54) is 0 Å². The Bertz CT molecular complexity index is 424. The predicted molar refractivity (Wildman–Crippen MR) is 67.7 cm³/mol. The van der Waals surface area contributed by atoms with Gasteiger partial charge in [-0.15, -0.1) is 0 Å². The van der Waals surface area contributed by atoms with Crippen LogP contribution >= 0.6 is 15.9 Å². The molecule has 0 aromatic carbocycles. The van der Waals surface area contributed by atoms with Gasteiger partial charge in [-0.05, 0) is 53.8 Å². The van der Waals surface area contributed by atoms with Gasteiger partial charge >= 0.3 is 0 Å². The van der Waals surface area contributed by atoms with Crippen molar-refractivity contribution in [1.82, 2.24) is 10.3 Å². The van der Waals surface area contributed by atoms with E-state index in [1.54, 1.807) is 12.3 Å². The van der Waals surface area contributed by atoms with Crippen molar-refractivity contribution in [3.05, 3.63) is 22.4 Å². The zero-order chi connectivity index (χ0) is 12.1. The number of pyridine rings is 1. The van der Waals surface area contributed by atoms with Crippen LogP contribution in [0.15, 0.2) is 16.9 Å². The van der Waals surface area contributed by atoms with Gasteiger partial charge in [-0.3, -0.25) is 0 Å². The predicted octanol–water partition coefficient (Wildman–Crippen LogP) is 2.09. The fraction of sp³-hybridized carbons (Fsp3) is 0.500. The summed E-state index contributed by atoms with van der Waals surface area (Å²) in [6, 6.07) is 3.80. The standard InChI is InChI=1S/C12H14BrN3O/c13-12-5-10(6-14)11(7-16-12)17-8-9-1-3-15-4-2-9/h5,7,9,15H,1-4,8H2. The fourth-order valence-electron chi connectivity index (χ4n) is 1.88. The Morgan fingerprint density at radius 3 is 3.00 bits per heavy atom. The molecule has 0 radical (unpaired) electrons. The summed E-state index contributed by atoms with van der Waals surface area (Å²) in [5, 5.41) is 12.3. The van der Waals surface area contributed by atoms with Crippen molar-refractivity contribution in [3.8, 4) is 11.8 Å². The molecule has 0 atom stereocenters. The lowest BCUT2D eigenvalue weighted by Gasteiger charge is -2.22. The number of hydrogen-bond donors (Lipinski definition) is 1. The Balaban J connectivity index is 1.96. The molecule has 4 nitrogen and oxygen atoms in total. The van der Waals surface area contributed by atoms with E-state index in [2.05, 4.69) is 32.3 Å². The summed E-state index contributed by atoms with van der Waals surface area (Å²) in [5.74, 6) is 1.15. The number of nitrogens with one attached hydrogen (secondary N) is 1. The van der Waals surface area contributed by atoms with E-state index in [0.717, 1.165) is 25.9 Å². The minimum Gasteiger partial charge on any atom is -0.490 e. The average Bonchev–Trinajstić information content (AvgIpc) is 2.38. The first kappa shape index (κ1) is 12.3. The quantitative estimate of drug-likeness (QED) is 0.868. The Morgan fingerprint density at radius 1 is 1.53 bits per heavy atom. The normalized spacial score (nSPS) is 16.5. The maximum absolute atomic E-state index is 8.99. The highest BCUT2D eigenvalue weighted by molar-refractivity contribution is 9.10. The van der Waals surface area contributed by atoms with E-state index in [0.29, 0.717) is 28.4 Å². The third-order valence-electron chi connectivity index (χ3n) is 2.89. The van der Waals surface area contributed by atoms with Crippen LogP contribution in [0.5, 0.6) is 5.75 Å². The van der Waals surface area contributed by atoms with Crippen molar-refractivity contribution in [3.63, 3.8) is 0 Å². The zero-order valence-corrected chi connectivity index (χ0v) is 11.0. The highest BCUT2D eigenvalue weighted by Gasteiger charge is 2.14. The third kappa shape index (κ3) is 3.42. The third-order valence-corrected chi connectivity index (χ3v) is 3.32. The molecule has 17 heavy (non-hydrogen) atoms. The Hall–Kier alpha value is -1.12. The molecule has 1 aromatic rings. The van der Waals surface area contributed by atoms with Crippen molar-refractivity contribution in [2.75, 3.05) is 19.7 Å². The van der Waals surface area contributed by atoms with E-state index in [4.69, 9.17) is 10.00 Å². The second-order valence-corrected chi connectivity index (χ2v) is 4.93. The lowest BCUT2D eigenvalue weighted by Crippen LogP contribution is -2.30. The molecule has 2 heterocycles. The van der Waals surface area contributed by atoms with Gasteiger partial charge in [-0.2, -0.15) is 5.26 Å². The molecule has 1 saturated heterocycles. The van der Waals surface area contributed by atoms with E-state index < -0.39 is 0 Å². The van der Waals surface area contributed by atoms with Crippen molar-refractivity contribution in [1.29, 1.82) is 5.26 Å². The molecule has 5 heteroatoms. The molecule has 0 amide bonds. The SMILES string of the molecule is N#Cc1cc(Br)ncc1OCC1CCNCC1. The van der Waals surface area contributed by atoms with Gasteiger partial charge in [-0.1, -0.05) is 0 Å². The van der Waals surface area contributed by atoms with Gasteiger partial charge in [0.25, 0.3) is 0 Å². The van der Waals surface area contributed by atoms with Gasteiger partial charge in [0, 0.05) is 0 Å². The monoisotopic (exact) mass is 295 g/mol. The number of halogens is 1. The number of piperidine rings is 1. The molecule has 90 valence electrons. The lowest BCUT2D eigenvalue weighted by atomic mass is 9.99. The van der Waals surface area contributed by atoms with Gasteiger partial charge < -0.3 is 10.1 Å². The number of aromatic nitrogens is 1. The van der Waals surface area contributed by atoms with Gasteiger partial charge in [0.1, 0.15) is 10.7 Å². The molecular weight excluding hydrogens is 282 g/mol. The number of rotatable bonds is 3. The van der Waals surface area contributed by atoms with Crippen LogP contribution in [0.3, 0.4) is 0 Å². The number of hydrogen-bond acceptors (Lipinski definition) is 4. The number of ether oxygens (including phenoxy) is 1. The molecule has 1 aromatic heterocycles. The summed E-state index contributed by atoms with van der Waals surface area (Å²) in [6.07, 6.45) is 3.86. The van der Waals surface area contributed by atoms with Crippen molar-refractivity contribution < 1.29 is 4.74 Å². The van der Waals surface area contributed by atoms with E-state index in [9.17, 15) is 0 Å². The molecule has 1 aliphatic rings. The van der Waals surface area contributed by atoms with Crippen LogP contribution in [-0.2, 0) is 0 Å². The first-order valence-corrected chi connectivity index (χ1v) is 6.48. The van der Waals surface area contributed by atoms with Crippen molar-refractivity contribution in [2.24, 2.45) is 5.92 Å². The Morgan fingerprint density at radius 2 is 2.29 bits per heavy atom. The molecule has 0 aliphatic carbocycles. The second kappa shape index (κ2) is 5.99. The minimum atomic E-state index is 0.529. The molecular formula is C12H14BrN3O. The van der Waals surface area contributed by atoms with Crippen LogP contribution in [0, 0.1) is 17.2 Å². The summed E-state index contributed by atoms with van der Waals surface area (Å²) in [6.45, 7) is 2.77. The average molecular weight is 296 g/mol. The molecule has 1 fully saturated rings. The van der Waals surface area contributed by atoms with E-state index >= 15 is 0 Å². The van der Waals surface area contributed by atoms with Crippen LogP contribution in [0.2, 0.25) is 0 Å². The van der Waals surface area contributed by atoms with Crippen LogP contribution < -0.4 is 10.1 Å². The molecule has 1 aliphatic heterocycles. The van der Waals surface area contributed by atoms with Crippen molar-refractivity contribution in [2.45, 2.75) is 12.8 Å². The van der Waals surface area contributed by atoms with Crippen LogP contribution in [0.1, 0.15) is 18.4 Å². The highest BCUT2D eigenvalue weighted by atomic mass is 79.9. The first-order chi connectivity index (χ1) is 8.29. The summed E-state index contributed by atoms with van der Waals surface area (Å²) < 4.78 is 6.34. The zero-order valence-electron chi connectivity index (χ0n) is 9.45. The molecule has 2 rings (SSSR count). The van der Waals surface area contributed by atoms with Gasteiger partial charge in [0.15, 0.2) is 5.75 Å². The van der Waals surface area contributed by atoms with E-state index in [1.807, 2.05) is 0 Å². The van der Waals surface area contributed by atoms with Crippen LogP contribution in [0.25, 0.3) is 0 Å². The maximum atomic E-state index is 8.99. The topological polar surface area (TPSA) is 57.9 Å². The molecule has 0 unspecified atom stereocenters. The van der Waals surface area contributed by atoms with Crippen LogP contribution in [0.4, 0.5) is 0 Å². The van der Waals surface area contributed by atoms with Gasteiger partial charge in [-0.25, -0.2) is 4.98 Å². The summed E-state index contributed by atoms with van der Waals surface area (Å²) >= 11 is 3.24. The van der Waals surface area contributed by atoms with Gasteiger partial charge in [0.05, 0.1) is 18.4 Å². The first-order valence-electron chi connectivity index (χ1n) is 5.69. The molecule has 1 N–H and O–H groups in total. The van der Waals surface area contributed by atoms with E-state index in [-0.39, 0.29) is 0 Å². The fourth-order valence-corrected chi connectivity index (χ4v) is 2.21. The Labute approximate surface area is 109 Å². The smallest absolute Gasteiger partial charge is 0.155 e. The molecule has 0 saturated carbocycles. The summed E-state index contributed by atoms with van der Waals surface area (Å²) in [4.78, 5) is 4.08. The maximum Gasteiger partial charge on any atom is 0.155 e. The number of nitriles is 1. The molecule has 0 bridgehead atoms. The minimum absolute atomic E-state index is 0.529. The van der Waals surface area contributed by atoms with Crippen molar-refractivity contribution >= 4 is 15.9 Å². The largest absolute Gasteiger partial charge is 0.490 e. The number of nitrogens with zero attached hydrogens (tertiary/aromatic N) is 2. The Kier molecular flexibility index (Phi) is 4.35. The molecule has 0 spiro atoms. The summed E-state index contributed by atoms with van der Waals surface area (Å²) in [7, 11) is 0.